The Labute approximate surface area is 134 Å². The maximum atomic E-state index is 6.52. The second-order valence-corrected chi connectivity index (χ2v) is 6.40. The molecule has 0 aliphatic carbocycles. The van der Waals surface area contributed by atoms with E-state index in [4.69, 9.17) is 11.6 Å². The van der Waals surface area contributed by atoms with Crippen LogP contribution in [0.3, 0.4) is 0 Å². The molecule has 118 valence electrons. The van der Waals surface area contributed by atoms with Crippen LogP contribution in [0.2, 0.25) is 5.02 Å². The molecule has 4 heteroatoms. The molecule has 1 saturated heterocycles. The molecule has 1 unspecified atom stereocenters. The van der Waals surface area contributed by atoms with Crippen LogP contribution in [0, 0.1) is 0 Å². The van der Waals surface area contributed by atoms with Crippen LogP contribution >= 0.6 is 11.6 Å². The van der Waals surface area contributed by atoms with Crippen molar-refractivity contribution in [2.24, 2.45) is 0 Å². The zero-order valence-corrected chi connectivity index (χ0v) is 14.5. The maximum Gasteiger partial charge on any atom is 0.0642 e. The minimum absolute atomic E-state index is 0.328. The third-order valence-corrected chi connectivity index (χ3v) is 5.14. The van der Waals surface area contributed by atoms with Crippen molar-refractivity contribution in [3.63, 3.8) is 0 Å². The number of halogens is 1. The third-order valence-electron chi connectivity index (χ3n) is 4.84. The molecule has 0 saturated carbocycles. The first kappa shape index (κ1) is 16.6. The van der Waals surface area contributed by atoms with Crippen LogP contribution in [0.15, 0.2) is 18.2 Å². The lowest BCUT2D eigenvalue weighted by atomic mass is 10.0. The Hall–Kier alpha value is -0.770. The molecule has 1 aliphatic heterocycles. The number of piperidine rings is 1. The first-order valence-electron chi connectivity index (χ1n) is 7.98. The minimum Gasteiger partial charge on any atom is -0.370 e. The normalized spacial score (nSPS) is 18.7. The van der Waals surface area contributed by atoms with Crippen LogP contribution in [0.1, 0.15) is 38.3 Å². The Balaban J connectivity index is 2.07. The monoisotopic (exact) mass is 309 g/mol. The van der Waals surface area contributed by atoms with E-state index in [1.54, 1.807) is 0 Å². The van der Waals surface area contributed by atoms with Crippen LogP contribution in [0.5, 0.6) is 0 Å². The van der Waals surface area contributed by atoms with Crippen LogP contribution < -0.4 is 10.2 Å². The van der Waals surface area contributed by atoms with E-state index in [1.807, 2.05) is 7.05 Å². The van der Waals surface area contributed by atoms with Crippen molar-refractivity contribution in [1.29, 1.82) is 0 Å². The van der Waals surface area contributed by atoms with Gasteiger partial charge < -0.3 is 15.1 Å². The molecule has 1 aromatic carbocycles. The maximum absolute atomic E-state index is 6.52. The Bertz CT molecular complexity index is 455. The van der Waals surface area contributed by atoms with Crippen molar-refractivity contribution in [3.05, 3.63) is 28.8 Å². The van der Waals surface area contributed by atoms with Crippen molar-refractivity contribution >= 4 is 17.3 Å². The molecule has 3 nitrogen and oxygen atoms in total. The Morgan fingerprint density at radius 2 is 2.05 bits per heavy atom. The van der Waals surface area contributed by atoms with E-state index in [1.165, 1.54) is 31.5 Å². The molecular weight excluding hydrogens is 282 g/mol. The summed E-state index contributed by atoms with van der Waals surface area (Å²) < 4.78 is 0. The fourth-order valence-corrected chi connectivity index (χ4v) is 3.39. The van der Waals surface area contributed by atoms with E-state index in [0.29, 0.717) is 12.1 Å². The van der Waals surface area contributed by atoms with E-state index in [0.717, 1.165) is 17.3 Å². The number of nitrogens with one attached hydrogen (secondary N) is 1. The molecule has 1 aromatic rings. The van der Waals surface area contributed by atoms with Gasteiger partial charge in [-0.05, 0) is 51.1 Å². The van der Waals surface area contributed by atoms with E-state index in [9.17, 15) is 0 Å². The highest BCUT2D eigenvalue weighted by Crippen LogP contribution is 2.31. The molecule has 1 fully saturated rings. The van der Waals surface area contributed by atoms with Gasteiger partial charge in [0.1, 0.15) is 0 Å². The fraction of sp³-hybridized carbons (Fsp3) is 0.647. The lowest BCUT2D eigenvalue weighted by Gasteiger charge is -2.37. The molecule has 0 amide bonds. The first-order chi connectivity index (χ1) is 10.1. The first-order valence-corrected chi connectivity index (χ1v) is 8.36. The largest absolute Gasteiger partial charge is 0.370 e. The predicted octanol–water partition coefficient (Wildman–Crippen LogP) is 3.54. The fourth-order valence-electron chi connectivity index (χ4n) is 3.06. The van der Waals surface area contributed by atoms with Gasteiger partial charge in [0, 0.05) is 32.2 Å². The summed E-state index contributed by atoms with van der Waals surface area (Å²) in [5.41, 5.74) is 2.39. The van der Waals surface area contributed by atoms with Crippen LogP contribution in [0.4, 0.5) is 5.69 Å². The summed E-state index contributed by atoms with van der Waals surface area (Å²) in [6.45, 7) is 7.93. The molecule has 0 radical (unpaired) electrons. The average molecular weight is 310 g/mol. The Morgan fingerprint density at radius 1 is 1.38 bits per heavy atom. The van der Waals surface area contributed by atoms with Gasteiger partial charge in [-0.3, -0.25) is 0 Å². The van der Waals surface area contributed by atoms with Crippen molar-refractivity contribution < 1.29 is 0 Å². The van der Waals surface area contributed by atoms with Gasteiger partial charge in [-0.25, -0.2) is 0 Å². The highest BCUT2D eigenvalue weighted by Gasteiger charge is 2.23. The number of benzene rings is 1. The Morgan fingerprint density at radius 3 is 2.57 bits per heavy atom. The lowest BCUT2D eigenvalue weighted by molar-refractivity contribution is 0.221. The second-order valence-electron chi connectivity index (χ2n) is 6.00. The van der Waals surface area contributed by atoms with Gasteiger partial charge in [-0.1, -0.05) is 24.6 Å². The van der Waals surface area contributed by atoms with E-state index in [-0.39, 0.29) is 0 Å². The summed E-state index contributed by atoms with van der Waals surface area (Å²) in [6, 6.07) is 7.36. The van der Waals surface area contributed by atoms with Crippen molar-refractivity contribution in [2.75, 3.05) is 38.6 Å². The number of rotatable bonds is 5. The number of anilines is 1. The van der Waals surface area contributed by atoms with Crippen LogP contribution in [-0.4, -0.2) is 44.7 Å². The van der Waals surface area contributed by atoms with Gasteiger partial charge in [-0.15, -0.1) is 0 Å². The van der Waals surface area contributed by atoms with Crippen molar-refractivity contribution in [3.8, 4) is 0 Å². The topological polar surface area (TPSA) is 18.5 Å². The third kappa shape index (κ3) is 3.91. The average Bonchev–Trinajstić information content (AvgIpc) is 2.53. The summed E-state index contributed by atoms with van der Waals surface area (Å²) in [7, 11) is 4.15. The number of likely N-dealkylation sites (tertiary alicyclic amines) is 1. The highest BCUT2D eigenvalue weighted by atomic mass is 35.5. The zero-order valence-electron chi connectivity index (χ0n) is 13.7. The number of hydrogen-bond donors (Lipinski definition) is 1. The highest BCUT2D eigenvalue weighted by molar-refractivity contribution is 6.33. The van der Waals surface area contributed by atoms with Gasteiger partial charge in [0.15, 0.2) is 0 Å². The van der Waals surface area contributed by atoms with Gasteiger partial charge in [0.25, 0.3) is 0 Å². The molecular formula is C17H28ClN3. The number of nitrogens with zero attached hydrogens (tertiary/aromatic N) is 2. The summed E-state index contributed by atoms with van der Waals surface area (Å²) in [5.74, 6) is 0. The molecule has 1 N–H and O–H groups in total. The smallest absolute Gasteiger partial charge is 0.0642 e. The minimum atomic E-state index is 0.328. The quantitative estimate of drug-likeness (QED) is 0.897. The molecule has 0 spiro atoms. The summed E-state index contributed by atoms with van der Waals surface area (Å²) in [5, 5.41) is 4.11. The lowest BCUT2D eigenvalue weighted by Crippen LogP contribution is -2.43. The zero-order chi connectivity index (χ0) is 15.4. The van der Waals surface area contributed by atoms with Crippen molar-refractivity contribution in [1.82, 2.24) is 10.2 Å². The van der Waals surface area contributed by atoms with E-state index < -0.39 is 0 Å². The van der Waals surface area contributed by atoms with Gasteiger partial charge in [0.05, 0.1) is 10.7 Å². The standard InChI is InChI=1S/C17H28ClN3/c1-5-21-10-8-15(9-11-21)20(4)17-7-6-14(12-16(17)18)13(2)19-3/h6-7,12-13,15,19H,5,8-11H2,1-4H3. The van der Waals surface area contributed by atoms with Crippen LogP contribution in [-0.2, 0) is 0 Å². The second kappa shape index (κ2) is 7.48. The van der Waals surface area contributed by atoms with Gasteiger partial charge in [0.2, 0.25) is 0 Å². The molecule has 2 rings (SSSR count). The molecule has 1 atom stereocenters. The summed E-state index contributed by atoms with van der Waals surface area (Å²) in [6.07, 6.45) is 2.44. The van der Waals surface area contributed by atoms with E-state index in [2.05, 4.69) is 54.2 Å². The molecule has 0 aromatic heterocycles. The van der Waals surface area contributed by atoms with Gasteiger partial charge in [-0.2, -0.15) is 0 Å². The van der Waals surface area contributed by atoms with Gasteiger partial charge >= 0.3 is 0 Å². The number of hydrogen-bond acceptors (Lipinski definition) is 3. The molecule has 21 heavy (non-hydrogen) atoms. The summed E-state index contributed by atoms with van der Waals surface area (Å²) in [4.78, 5) is 4.88. The molecule has 1 aliphatic rings. The Kier molecular flexibility index (Phi) is 5.91. The van der Waals surface area contributed by atoms with Crippen molar-refractivity contribution in [2.45, 2.75) is 38.8 Å². The summed E-state index contributed by atoms with van der Waals surface area (Å²) >= 11 is 6.52. The molecule has 1 heterocycles. The van der Waals surface area contributed by atoms with E-state index >= 15 is 0 Å². The van der Waals surface area contributed by atoms with Crippen LogP contribution in [0.25, 0.3) is 0 Å². The molecule has 0 bridgehead atoms. The SMILES string of the molecule is CCN1CCC(N(C)c2ccc(C(C)NC)cc2Cl)CC1. The predicted molar refractivity (Wildman–Crippen MR) is 92.5 cm³/mol.